The minimum atomic E-state index is -0.355. The summed E-state index contributed by atoms with van der Waals surface area (Å²) in [7, 11) is 0. The molecule has 1 aromatic heterocycles. The fourth-order valence-electron chi connectivity index (χ4n) is 2.24. The lowest BCUT2D eigenvalue weighted by Gasteiger charge is -2.10. The van der Waals surface area contributed by atoms with Crippen molar-refractivity contribution in [1.29, 1.82) is 0 Å². The monoisotopic (exact) mass is 284 g/mol. The van der Waals surface area contributed by atoms with Gasteiger partial charge in [0.15, 0.2) is 5.75 Å². The molecule has 0 aliphatic heterocycles. The number of aryl methyl sites for hydroxylation is 1. The molecule has 20 heavy (non-hydrogen) atoms. The van der Waals surface area contributed by atoms with Crippen molar-refractivity contribution in [3.05, 3.63) is 42.0 Å². The number of rotatable bonds is 2. The van der Waals surface area contributed by atoms with Gasteiger partial charge in [0.2, 0.25) is 0 Å². The largest absolute Gasteiger partial charge is 0.424 e. The fourth-order valence-corrected chi connectivity index (χ4v) is 2.80. The van der Waals surface area contributed by atoms with Crippen LogP contribution in [0.4, 0.5) is 0 Å². The van der Waals surface area contributed by atoms with Crippen LogP contribution in [-0.2, 0) is 4.79 Å². The van der Waals surface area contributed by atoms with Crippen LogP contribution in [-0.4, -0.2) is 14.7 Å². The van der Waals surface area contributed by atoms with Crippen molar-refractivity contribution in [3.8, 4) is 16.9 Å². The molecule has 0 amide bonds. The maximum absolute atomic E-state index is 11.2. The van der Waals surface area contributed by atoms with Crippen molar-refractivity contribution < 1.29 is 9.53 Å². The summed E-state index contributed by atoms with van der Waals surface area (Å²) in [6, 6.07) is 11.9. The summed E-state index contributed by atoms with van der Waals surface area (Å²) in [5, 5.41) is 0. The Kier molecular flexibility index (Phi) is 3.20. The van der Waals surface area contributed by atoms with E-state index in [1.165, 1.54) is 6.92 Å². The second-order valence-electron chi connectivity index (χ2n) is 4.49. The first-order chi connectivity index (χ1) is 9.66. The molecular formula is C15H12N2O2S. The third-order valence-corrected chi connectivity index (χ3v) is 3.55. The van der Waals surface area contributed by atoms with E-state index in [4.69, 9.17) is 4.74 Å². The van der Waals surface area contributed by atoms with Crippen LogP contribution in [0.25, 0.3) is 22.2 Å². The van der Waals surface area contributed by atoms with Gasteiger partial charge >= 0.3 is 5.97 Å². The molecule has 4 nitrogen and oxygen atoms in total. The van der Waals surface area contributed by atoms with E-state index in [1.807, 2.05) is 43.3 Å². The highest BCUT2D eigenvalue weighted by atomic mass is 32.1. The molecule has 0 aliphatic rings. The second-order valence-corrected chi connectivity index (χ2v) is 5.02. The molecule has 100 valence electrons. The highest BCUT2D eigenvalue weighted by molar-refractivity contribution is 7.00. The average Bonchev–Trinajstić information content (AvgIpc) is 2.88. The van der Waals surface area contributed by atoms with Crippen LogP contribution in [0, 0.1) is 6.92 Å². The predicted molar refractivity (Wildman–Crippen MR) is 78.9 cm³/mol. The Morgan fingerprint density at radius 2 is 1.85 bits per heavy atom. The quantitative estimate of drug-likeness (QED) is 0.533. The Morgan fingerprint density at radius 3 is 2.55 bits per heavy atom. The Morgan fingerprint density at radius 1 is 1.15 bits per heavy atom. The van der Waals surface area contributed by atoms with Crippen LogP contribution in [0.2, 0.25) is 0 Å². The molecule has 0 fully saturated rings. The van der Waals surface area contributed by atoms with Crippen molar-refractivity contribution in [2.24, 2.45) is 0 Å². The fraction of sp³-hybridized carbons (Fsp3) is 0.133. The summed E-state index contributed by atoms with van der Waals surface area (Å²) in [5.41, 5.74) is 4.53. The predicted octanol–water partition coefficient (Wildman–Crippen LogP) is 3.59. The van der Waals surface area contributed by atoms with Crippen molar-refractivity contribution in [3.63, 3.8) is 0 Å². The molecule has 0 aliphatic carbocycles. The zero-order valence-corrected chi connectivity index (χ0v) is 11.9. The summed E-state index contributed by atoms with van der Waals surface area (Å²) in [5.74, 6) is 0.115. The highest BCUT2D eigenvalue weighted by Crippen LogP contribution is 2.36. The Hall–Kier alpha value is -2.27. The number of esters is 1. The molecule has 0 N–H and O–H groups in total. The van der Waals surface area contributed by atoms with E-state index in [9.17, 15) is 4.79 Å². The van der Waals surface area contributed by atoms with Gasteiger partial charge in [-0.15, -0.1) is 0 Å². The minimum absolute atomic E-state index is 0.355. The maximum atomic E-state index is 11.2. The standard InChI is InChI=1S/C15H12N2O2S/c1-9-8-12(19-10(2)18)14-15(17-20-16-14)13(9)11-6-4-3-5-7-11/h3-8H,1-2H3. The van der Waals surface area contributed by atoms with Gasteiger partial charge < -0.3 is 4.74 Å². The summed E-state index contributed by atoms with van der Waals surface area (Å²) in [6.07, 6.45) is 0. The summed E-state index contributed by atoms with van der Waals surface area (Å²) < 4.78 is 13.8. The third-order valence-electron chi connectivity index (χ3n) is 3.02. The molecule has 5 heteroatoms. The lowest BCUT2D eigenvalue weighted by Crippen LogP contribution is -2.02. The topological polar surface area (TPSA) is 52.1 Å². The van der Waals surface area contributed by atoms with Gasteiger partial charge in [-0.2, -0.15) is 8.75 Å². The first kappa shape index (κ1) is 12.7. The molecule has 0 bridgehead atoms. The van der Waals surface area contributed by atoms with E-state index < -0.39 is 0 Å². The molecule has 0 saturated carbocycles. The Labute approximate surface area is 120 Å². The van der Waals surface area contributed by atoms with Crippen LogP contribution < -0.4 is 4.74 Å². The van der Waals surface area contributed by atoms with Gasteiger partial charge in [-0.3, -0.25) is 4.79 Å². The van der Waals surface area contributed by atoms with Crippen LogP contribution >= 0.6 is 11.7 Å². The van der Waals surface area contributed by atoms with E-state index in [-0.39, 0.29) is 5.97 Å². The molecule has 2 aromatic carbocycles. The zero-order valence-electron chi connectivity index (χ0n) is 11.1. The Bertz CT molecular complexity index is 781. The average molecular weight is 284 g/mol. The number of fused-ring (bicyclic) bond motifs is 1. The summed E-state index contributed by atoms with van der Waals surface area (Å²) >= 11 is 1.12. The van der Waals surface area contributed by atoms with Gasteiger partial charge in [0.05, 0.1) is 11.7 Å². The number of hydrogen-bond donors (Lipinski definition) is 0. The van der Waals surface area contributed by atoms with E-state index >= 15 is 0 Å². The maximum Gasteiger partial charge on any atom is 0.308 e. The van der Waals surface area contributed by atoms with Crippen LogP contribution in [0.1, 0.15) is 12.5 Å². The highest BCUT2D eigenvalue weighted by Gasteiger charge is 2.16. The molecule has 0 unspecified atom stereocenters. The molecule has 0 atom stereocenters. The number of aromatic nitrogens is 2. The van der Waals surface area contributed by atoms with Crippen LogP contribution in [0.3, 0.4) is 0 Å². The van der Waals surface area contributed by atoms with Crippen LogP contribution in [0.15, 0.2) is 36.4 Å². The SMILES string of the molecule is CC(=O)Oc1cc(C)c(-c2ccccc2)c2nsnc12. The smallest absolute Gasteiger partial charge is 0.308 e. The number of benzene rings is 2. The summed E-state index contributed by atoms with van der Waals surface area (Å²) in [6.45, 7) is 3.36. The zero-order chi connectivity index (χ0) is 14.1. The van der Waals surface area contributed by atoms with Crippen molar-refractivity contribution in [2.75, 3.05) is 0 Å². The van der Waals surface area contributed by atoms with E-state index in [0.29, 0.717) is 11.3 Å². The van der Waals surface area contributed by atoms with E-state index in [1.54, 1.807) is 0 Å². The number of hydrogen-bond acceptors (Lipinski definition) is 5. The molecule has 0 spiro atoms. The van der Waals surface area contributed by atoms with Gasteiger partial charge in [0, 0.05) is 12.5 Å². The van der Waals surface area contributed by atoms with Gasteiger partial charge in [-0.25, -0.2) is 0 Å². The molecule has 1 heterocycles. The number of carbonyl (C=O) groups is 1. The number of ether oxygens (including phenoxy) is 1. The van der Waals surface area contributed by atoms with E-state index in [2.05, 4.69) is 8.75 Å². The Balaban J connectivity index is 2.27. The van der Waals surface area contributed by atoms with Gasteiger partial charge in [-0.05, 0) is 24.1 Å². The normalized spacial score (nSPS) is 10.7. The van der Waals surface area contributed by atoms with Gasteiger partial charge in [0.25, 0.3) is 0 Å². The molecule has 3 aromatic rings. The van der Waals surface area contributed by atoms with Crippen molar-refractivity contribution in [2.45, 2.75) is 13.8 Å². The first-order valence-corrected chi connectivity index (χ1v) is 6.89. The minimum Gasteiger partial charge on any atom is -0.424 e. The van der Waals surface area contributed by atoms with Gasteiger partial charge in [-0.1, -0.05) is 30.3 Å². The lowest BCUT2D eigenvalue weighted by atomic mass is 9.98. The molecular weight excluding hydrogens is 272 g/mol. The molecule has 0 saturated heterocycles. The van der Waals surface area contributed by atoms with Crippen molar-refractivity contribution in [1.82, 2.24) is 8.75 Å². The summed E-state index contributed by atoms with van der Waals surface area (Å²) in [4.78, 5) is 11.2. The second kappa shape index (κ2) is 5.02. The van der Waals surface area contributed by atoms with E-state index in [0.717, 1.165) is 33.9 Å². The number of nitrogens with zero attached hydrogens (tertiary/aromatic N) is 2. The third kappa shape index (κ3) is 2.16. The first-order valence-electron chi connectivity index (χ1n) is 6.16. The number of carbonyl (C=O) groups excluding carboxylic acids is 1. The molecule has 0 radical (unpaired) electrons. The van der Waals surface area contributed by atoms with Crippen LogP contribution in [0.5, 0.6) is 5.75 Å². The van der Waals surface area contributed by atoms with Crippen molar-refractivity contribution >= 4 is 28.7 Å². The lowest BCUT2D eigenvalue weighted by molar-refractivity contribution is -0.131. The van der Waals surface area contributed by atoms with Gasteiger partial charge in [0.1, 0.15) is 11.0 Å². The molecule has 3 rings (SSSR count).